The maximum absolute atomic E-state index is 12.4. The SMILES string of the molecule is COCCN(CCOC)C(=O)CCC(=O)N1CCC(c2ccccc2)=N1. The first kappa shape index (κ1) is 20.1. The highest BCUT2D eigenvalue weighted by atomic mass is 16.5. The Kier molecular flexibility index (Phi) is 8.24. The number of carbonyl (C=O) groups excluding carboxylic acids is 2. The van der Waals surface area contributed by atoms with Gasteiger partial charge in [0.25, 0.3) is 0 Å². The summed E-state index contributed by atoms with van der Waals surface area (Å²) in [7, 11) is 3.19. The Labute approximate surface area is 154 Å². The lowest BCUT2D eigenvalue weighted by Gasteiger charge is -2.22. The fourth-order valence-electron chi connectivity index (χ4n) is 2.74. The fourth-order valence-corrected chi connectivity index (χ4v) is 2.74. The van der Waals surface area contributed by atoms with E-state index in [2.05, 4.69) is 5.10 Å². The molecule has 0 saturated carbocycles. The maximum Gasteiger partial charge on any atom is 0.243 e. The molecule has 142 valence electrons. The summed E-state index contributed by atoms with van der Waals surface area (Å²) in [6.07, 6.45) is 1.05. The number of hydrazone groups is 1. The van der Waals surface area contributed by atoms with E-state index in [4.69, 9.17) is 9.47 Å². The van der Waals surface area contributed by atoms with Gasteiger partial charge in [0.1, 0.15) is 0 Å². The van der Waals surface area contributed by atoms with Crippen molar-refractivity contribution >= 4 is 17.5 Å². The Morgan fingerprint density at radius 3 is 2.35 bits per heavy atom. The highest BCUT2D eigenvalue weighted by Crippen LogP contribution is 2.15. The lowest BCUT2D eigenvalue weighted by Crippen LogP contribution is -2.37. The Morgan fingerprint density at radius 1 is 1.08 bits per heavy atom. The minimum absolute atomic E-state index is 0.0705. The number of benzene rings is 1. The van der Waals surface area contributed by atoms with Crippen LogP contribution in [0.15, 0.2) is 35.4 Å². The monoisotopic (exact) mass is 361 g/mol. The predicted molar refractivity (Wildman–Crippen MR) is 98.9 cm³/mol. The van der Waals surface area contributed by atoms with E-state index in [1.54, 1.807) is 19.1 Å². The summed E-state index contributed by atoms with van der Waals surface area (Å²) in [5, 5.41) is 5.89. The zero-order valence-electron chi connectivity index (χ0n) is 15.5. The standard InChI is InChI=1S/C19H27N3O4/c1-25-14-12-21(13-15-26-2)18(23)8-9-19(24)22-11-10-17(20-22)16-6-4-3-5-7-16/h3-7H,8-15H2,1-2H3. The van der Waals surface area contributed by atoms with Gasteiger partial charge in [-0.1, -0.05) is 30.3 Å². The van der Waals surface area contributed by atoms with Crippen molar-refractivity contribution in [3.8, 4) is 0 Å². The summed E-state index contributed by atoms with van der Waals surface area (Å²) >= 11 is 0. The molecule has 2 rings (SSSR count). The number of carbonyl (C=O) groups is 2. The Balaban J connectivity index is 1.85. The van der Waals surface area contributed by atoms with Crippen LogP contribution in [0.3, 0.4) is 0 Å². The normalized spacial score (nSPS) is 13.6. The molecule has 0 atom stereocenters. The molecule has 7 heteroatoms. The van der Waals surface area contributed by atoms with Crippen LogP contribution in [0.5, 0.6) is 0 Å². The summed E-state index contributed by atoms with van der Waals surface area (Å²) in [5.41, 5.74) is 1.94. The molecule has 0 aromatic heterocycles. The summed E-state index contributed by atoms with van der Waals surface area (Å²) in [5.74, 6) is -0.193. The third-order valence-electron chi connectivity index (χ3n) is 4.23. The van der Waals surface area contributed by atoms with Gasteiger partial charge in [0, 0.05) is 46.6 Å². The van der Waals surface area contributed by atoms with Gasteiger partial charge in [0.15, 0.2) is 0 Å². The van der Waals surface area contributed by atoms with Gasteiger partial charge >= 0.3 is 0 Å². The van der Waals surface area contributed by atoms with Crippen molar-refractivity contribution in [1.82, 2.24) is 9.91 Å². The maximum atomic E-state index is 12.4. The van der Waals surface area contributed by atoms with Crippen molar-refractivity contribution in [3.05, 3.63) is 35.9 Å². The van der Waals surface area contributed by atoms with Gasteiger partial charge in [-0.3, -0.25) is 9.59 Å². The fraction of sp³-hybridized carbons (Fsp3) is 0.526. The van der Waals surface area contributed by atoms with E-state index in [-0.39, 0.29) is 24.7 Å². The molecule has 2 amide bonds. The third-order valence-corrected chi connectivity index (χ3v) is 4.23. The molecular formula is C19H27N3O4. The molecule has 0 aliphatic carbocycles. The average Bonchev–Trinajstić information content (AvgIpc) is 3.17. The molecule has 1 aromatic carbocycles. The number of ether oxygens (including phenoxy) is 2. The van der Waals surface area contributed by atoms with E-state index in [0.29, 0.717) is 32.8 Å². The average molecular weight is 361 g/mol. The molecule has 1 aliphatic rings. The van der Waals surface area contributed by atoms with Crippen molar-refractivity contribution in [2.24, 2.45) is 5.10 Å². The first-order chi connectivity index (χ1) is 12.7. The van der Waals surface area contributed by atoms with Gasteiger partial charge in [-0.25, -0.2) is 5.01 Å². The van der Waals surface area contributed by atoms with Crippen molar-refractivity contribution in [2.75, 3.05) is 47.1 Å². The number of hydrogen-bond donors (Lipinski definition) is 0. The first-order valence-corrected chi connectivity index (χ1v) is 8.84. The Morgan fingerprint density at radius 2 is 1.73 bits per heavy atom. The first-order valence-electron chi connectivity index (χ1n) is 8.84. The Hall–Kier alpha value is -2.25. The second kappa shape index (κ2) is 10.7. The highest BCUT2D eigenvalue weighted by Gasteiger charge is 2.23. The molecule has 0 fully saturated rings. The van der Waals surface area contributed by atoms with E-state index >= 15 is 0 Å². The number of nitrogens with zero attached hydrogens (tertiary/aromatic N) is 3. The van der Waals surface area contributed by atoms with Gasteiger partial charge in [-0.05, 0) is 5.56 Å². The van der Waals surface area contributed by atoms with E-state index in [9.17, 15) is 9.59 Å². The van der Waals surface area contributed by atoms with E-state index in [0.717, 1.165) is 17.7 Å². The van der Waals surface area contributed by atoms with Crippen LogP contribution in [-0.4, -0.2) is 74.5 Å². The molecule has 26 heavy (non-hydrogen) atoms. The predicted octanol–water partition coefficient (Wildman–Crippen LogP) is 1.52. The number of rotatable bonds is 10. The van der Waals surface area contributed by atoms with E-state index in [1.165, 1.54) is 5.01 Å². The molecule has 0 bridgehead atoms. The largest absolute Gasteiger partial charge is 0.383 e. The van der Waals surface area contributed by atoms with Crippen LogP contribution in [0.25, 0.3) is 0 Å². The van der Waals surface area contributed by atoms with Crippen molar-refractivity contribution in [1.29, 1.82) is 0 Å². The molecule has 7 nitrogen and oxygen atoms in total. The van der Waals surface area contributed by atoms with Crippen molar-refractivity contribution < 1.29 is 19.1 Å². The molecule has 0 saturated heterocycles. The molecular weight excluding hydrogens is 334 g/mol. The second-order valence-electron chi connectivity index (χ2n) is 6.05. The van der Waals surface area contributed by atoms with Crippen LogP contribution in [0.1, 0.15) is 24.8 Å². The third kappa shape index (κ3) is 5.93. The molecule has 1 aliphatic heterocycles. The van der Waals surface area contributed by atoms with Crippen LogP contribution in [0.2, 0.25) is 0 Å². The van der Waals surface area contributed by atoms with Gasteiger partial charge in [-0.15, -0.1) is 0 Å². The summed E-state index contributed by atoms with van der Waals surface area (Å²) in [6.45, 7) is 2.47. The molecule has 0 spiro atoms. The lowest BCUT2D eigenvalue weighted by atomic mass is 10.1. The topological polar surface area (TPSA) is 71.4 Å². The van der Waals surface area contributed by atoms with Crippen LogP contribution in [0, 0.1) is 0 Å². The van der Waals surface area contributed by atoms with Gasteiger partial charge in [0.05, 0.1) is 25.5 Å². The zero-order valence-corrected chi connectivity index (χ0v) is 15.5. The van der Waals surface area contributed by atoms with Crippen molar-refractivity contribution in [2.45, 2.75) is 19.3 Å². The summed E-state index contributed by atoms with van der Waals surface area (Å²) in [6, 6.07) is 9.83. The minimum atomic E-state index is -0.122. The highest BCUT2D eigenvalue weighted by molar-refractivity contribution is 6.02. The Bertz CT molecular complexity index is 610. The van der Waals surface area contributed by atoms with Gasteiger partial charge < -0.3 is 14.4 Å². The smallest absolute Gasteiger partial charge is 0.243 e. The lowest BCUT2D eigenvalue weighted by molar-refractivity contribution is -0.137. The number of methoxy groups -OCH3 is 2. The molecule has 0 radical (unpaired) electrons. The van der Waals surface area contributed by atoms with Crippen molar-refractivity contribution in [3.63, 3.8) is 0 Å². The van der Waals surface area contributed by atoms with Gasteiger partial charge in [0.2, 0.25) is 11.8 Å². The minimum Gasteiger partial charge on any atom is -0.383 e. The summed E-state index contributed by atoms with van der Waals surface area (Å²) in [4.78, 5) is 26.4. The van der Waals surface area contributed by atoms with E-state index in [1.807, 2.05) is 30.3 Å². The second-order valence-corrected chi connectivity index (χ2v) is 6.05. The zero-order chi connectivity index (χ0) is 18.8. The van der Waals surface area contributed by atoms with Gasteiger partial charge in [-0.2, -0.15) is 5.10 Å². The van der Waals surface area contributed by atoms with Crippen LogP contribution in [-0.2, 0) is 19.1 Å². The molecule has 0 unspecified atom stereocenters. The van der Waals surface area contributed by atoms with Crippen LogP contribution in [0.4, 0.5) is 0 Å². The van der Waals surface area contributed by atoms with Crippen LogP contribution < -0.4 is 0 Å². The summed E-state index contributed by atoms with van der Waals surface area (Å²) < 4.78 is 10.1. The number of hydrogen-bond acceptors (Lipinski definition) is 5. The number of amides is 2. The molecule has 0 N–H and O–H groups in total. The molecule has 1 aromatic rings. The van der Waals surface area contributed by atoms with Crippen LogP contribution >= 0.6 is 0 Å². The van der Waals surface area contributed by atoms with E-state index < -0.39 is 0 Å². The molecule has 1 heterocycles. The quantitative estimate of drug-likeness (QED) is 0.634.